The van der Waals surface area contributed by atoms with Crippen molar-refractivity contribution in [2.24, 2.45) is 5.92 Å². The Hall–Kier alpha value is -0.540. The van der Waals surface area contributed by atoms with Crippen molar-refractivity contribution in [3.63, 3.8) is 0 Å². The van der Waals surface area contributed by atoms with Crippen LogP contribution in [0.5, 0.6) is 0 Å². The van der Waals surface area contributed by atoms with Gasteiger partial charge in [0.2, 0.25) is 0 Å². The topological polar surface area (TPSA) is 17.8 Å². The number of nitrogens with zero attached hydrogens (tertiary/aromatic N) is 2. The molecular weight excluding hydrogens is 300 g/mol. The number of aromatic nitrogens is 2. The van der Waals surface area contributed by atoms with Crippen molar-refractivity contribution in [3.8, 4) is 0 Å². The lowest BCUT2D eigenvalue weighted by Gasteiger charge is -2.16. The minimum atomic E-state index is 0.476. The Balaban J connectivity index is 2.20. The Labute approximate surface area is 114 Å². The van der Waals surface area contributed by atoms with Gasteiger partial charge >= 0.3 is 0 Å². The molecule has 0 saturated heterocycles. The van der Waals surface area contributed by atoms with E-state index in [9.17, 15) is 0 Å². The van der Waals surface area contributed by atoms with Gasteiger partial charge in [-0.1, -0.05) is 15.9 Å². The number of benzene rings is 1. The van der Waals surface area contributed by atoms with Crippen molar-refractivity contribution in [3.05, 3.63) is 28.5 Å². The zero-order chi connectivity index (χ0) is 12.0. The third-order valence-electron chi connectivity index (χ3n) is 3.56. The van der Waals surface area contributed by atoms with Gasteiger partial charge in [0.25, 0.3) is 0 Å². The fourth-order valence-corrected chi connectivity index (χ4v) is 2.99. The van der Waals surface area contributed by atoms with Crippen molar-refractivity contribution < 1.29 is 0 Å². The summed E-state index contributed by atoms with van der Waals surface area (Å²) >= 11 is 9.54. The summed E-state index contributed by atoms with van der Waals surface area (Å²) in [6.45, 7) is 2.27. The van der Waals surface area contributed by atoms with E-state index in [2.05, 4.69) is 38.5 Å². The molecular formula is C13H14BrClN2. The molecule has 1 aromatic carbocycles. The van der Waals surface area contributed by atoms with Crippen LogP contribution >= 0.6 is 27.5 Å². The van der Waals surface area contributed by atoms with Crippen LogP contribution in [-0.2, 0) is 5.88 Å². The zero-order valence-electron chi connectivity index (χ0n) is 9.66. The lowest BCUT2D eigenvalue weighted by Crippen LogP contribution is -2.10. The third-order valence-corrected chi connectivity index (χ3v) is 4.29. The minimum Gasteiger partial charge on any atom is -0.324 e. The molecule has 90 valence electrons. The Kier molecular flexibility index (Phi) is 2.91. The summed E-state index contributed by atoms with van der Waals surface area (Å²) in [4.78, 5) is 4.61. The van der Waals surface area contributed by atoms with E-state index in [0.29, 0.717) is 11.9 Å². The first-order valence-electron chi connectivity index (χ1n) is 5.93. The highest BCUT2D eigenvalue weighted by Crippen LogP contribution is 2.41. The quantitative estimate of drug-likeness (QED) is 0.762. The molecule has 0 bridgehead atoms. The second-order valence-corrected chi connectivity index (χ2v) is 5.93. The predicted octanol–water partition coefficient (Wildman–Crippen LogP) is 4.51. The maximum absolute atomic E-state index is 6.02. The molecule has 0 aliphatic heterocycles. The summed E-state index contributed by atoms with van der Waals surface area (Å²) < 4.78 is 3.40. The van der Waals surface area contributed by atoms with Crippen LogP contribution in [0.25, 0.3) is 11.0 Å². The minimum absolute atomic E-state index is 0.476. The van der Waals surface area contributed by atoms with E-state index in [1.165, 1.54) is 18.4 Å². The van der Waals surface area contributed by atoms with Gasteiger partial charge in [0, 0.05) is 10.5 Å². The fourth-order valence-electron chi connectivity index (χ4n) is 2.45. The summed E-state index contributed by atoms with van der Waals surface area (Å²) in [5.74, 6) is 2.26. The van der Waals surface area contributed by atoms with E-state index < -0.39 is 0 Å². The molecule has 0 N–H and O–H groups in total. The van der Waals surface area contributed by atoms with E-state index in [0.717, 1.165) is 21.7 Å². The molecule has 1 atom stereocenters. The molecule has 1 heterocycles. The SMILES string of the molecule is CC(C1CC1)n1c(CCl)nc2ccc(Br)cc21. The second kappa shape index (κ2) is 4.29. The zero-order valence-corrected chi connectivity index (χ0v) is 12.0. The molecule has 17 heavy (non-hydrogen) atoms. The van der Waals surface area contributed by atoms with Crippen LogP contribution in [0.3, 0.4) is 0 Å². The van der Waals surface area contributed by atoms with Gasteiger partial charge < -0.3 is 4.57 Å². The van der Waals surface area contributed by atoms with Gasteiger partial charge in [-0.3, -0.25) is 0 Å². The van der Waals surface area contributed by atoms with Crippen molar-refractivity contribution in [2.75, 3.05) is 0 Å². The summed E-state index contributed by atoms with van der Waals surface area (Å²) in [7, 11) is 0. The monoisotopic (exact) mass is 312 g/mol. The molecule has 4 heteroatoms. The molecule has 0 radical (unpaired) electrons. The molecule has 1 aromatic heterocycles. The van der Waals surface area contributed by atoms with Gasteiger partial charge in [-0.25, -0.2) is 4.98 Å². The molecule has 2 nitrogen and oxygen atoms in total. The van der Waals surface area contributed by atoms with Crippen LogP contribution in [0.2, 0.25) is 0 Å². The van der Waals surface area contributed by atoms with Crippen LogP contribution in [0.4, 0.5) is 0 Å². The number of hydrogen-bond acceptors (Lipinski definition) is 1. The third kappa shape index (κ3) is 2.00. The predicted molar refractivity (Wildman–Crippen MR) is 74.4 cm³/mol. The maximum atomic E-state index is 6.02. The fraction of sp³-hybridized carbons (Fsp3) is 0.462. The first-order chi connectivity index (χ1) is 8.20. The van der Waals surface area contributed by atoms with E-state index in [-0.39, 0.29) is 0 Å². The Bertz CT molecular complexity index is 560. The number of rotatable bonds is 3. The molecule has 0 amide bonds. The highest BCUT2D eigenvalue weighted by atomic mass is 79.9. The van der Waals surface area contributed by atoms with Gasteiger partial charge in [0.1, 0.15) is 5.82 Å². The summed E-state index contributed by atoms with van der Waals surface area (Å²) in [5.41, 5.74) is 2.23. The van der Waals surface area contributed by atoms with Crippen LogP contribution in [0.15, 0.2) is 22.7 Å². The number of alkyl halides is 1. The first kappa shape index (κ1) is 11.5. The largest absolute Gasteiger partial charge is 0.324 e. The number of hydrogen-bond donors (Lipinski definition) is 0. The summed E-state index contributed by atoms with van der Waals surface area (Å²) in [6, 6.07) is 6.71. The van der Waals surface area contributed by atoms with Crippen LogP contribution in [-0.4, -0.2) is 9.55 Å². The van der Waals surface area contributed by atoms with Gasteiger partial charge in [0.05, 0.1) is 16.9 Å². The smallest absolute Gasteiger partial charge is 0.125 e. The first-order valence-corrected chi connectivity index (χ1v) is 7.26. The molecule has 1 aliphatic carbocycles. The highest BCUT2D eigenvalue weighted by Gasteiger charge is 2.31. The maximum Gasteiger partial charge on any atom is 0.125 e. The Morgan fingerprint density at radius 2 is 2.29 bits per heavy atom. The lowest BCUT2D eigenvalue weighted by molar-refractivity contribution is 0.486. The standard InChI is InChI=1S/C13H14BrClN2/c1-8(9-2-3-9)17-12-6-10(14)4-5-11(12)16-13(17)7-15/h4-6,8-9H,2-3,7H2,1H3. The van der Waals surface area contributed by atoms with E-state index >= 15 is 0 Å². The molecule has 0 spiro atoms. The molecule has 1 saturated carbocycles. The van der Waals surface area contributed by atoms with Crippen LogP contribution in [0.1, 0.15) is 31.6 Å². The van der Waals surface area contributed by atoms with Gasteiger partial charge in [0.15, 0.2) is 0 Å². The Morgan fingerprint density at radius 1 is 1.53 bits per heavy atom. The summed E-state index contributed by atoms with van der Waals surface area (Å²) in [5, 5.41) is 0. The van der Waals surface area contributed by atoms with Crippen LogP contribution < -0.4 is 0 Å². The van der Waals surface area contributed by atoms with Crippen molar-refractivity contribution in [1.29, 1.82) is 0 Å². The van der Waals surface area contributed by atoms with E-state index in [1.54, 1.807) is 0 Å². The van der Waals surface area contributed by atoms with Gasteiger partial charge in [-0.2, -0.15) is 0 Å². The average Bonchev–Trinajstić information content (AvgIpc) is 3.09. The van der Waals surface area contributed by atoms with E-state index in [4.69, 9.17) is 11.6 Å². The van der Waals surface area contributed by atoms with E-state index in [1.807, 2.05) is 12.1 Å². The van der Waals surface area contributed by atoms with Gasteiger partial charge in [-0.05, 0) is 43.9 Å². The van der Waals surface area contributed by atoms with Gasteiger partial charge in [-0.15, -0.1) is 11.6 Å². The van der Waals surface area contributed by atoms with Crippen molar-refractivity contribution in [1.82, 2.24) is 9.55 Å². The summed E-state index contributed by atoms with van der Waals surface area (Å²) in [6.07, 6.45) is 2.66. The average molecular weight is 314 g/mol. The molecule has 1 unspecified atom stereocenters. The van der Waals surface area contributed by atoms with Crippen LogP contribution in [0, 0.1) is 5.92 Å². The lowest BCUT2D eigenvalue weighted by atomic mass is 10.2. The normalized spacial score (nSPS) is 17.6. The molecule has 1 aliphatic rings. The number of imidazole rings is 1. The molecule has 2 aromatic rings. The highest BCUT2D eigenvalue weighted by molar-refractivity contribution is 9.10. The molecule has 3 rings (SSSR count). The van der Waals surface area contributed by atoms with Crippen molar-refractivity contribution >= 4 is 38.6 Å². The second-order valence-electron chi connectivity index (χ2n) is 4.74. The number of fused-ring (bicyclic) bond motifs is 1. The number of halogens is 2. The molecule has 1 fully saturated rings. The van der Waals surface area contributed by atoms with Crippen molar-refractivity contribution in [2.45, 2.75) is 31.7 Å². The Morgan fingerprint density at radius 3 is 2.94 bits per heavy atom.